The van der Waals surface area contributed by atoms with Gasteiger partial charge in [-0.3, -0.25) is 18.6 Å². The minimum Gasteiger partial charge on any atom is -0.462 e. The highest BCUT2D eigenvalue weighted by molar-refractivity contribution is 7.47. The molecule has 0 rings (SSSR count). The highest BCUT2D eigenvalue weighted by atomic mass is 31.2. The Balaban J connectivity index is 4.37. The lowest BCUT2D eigenvalue weighted by Crippen LogP contribution is -2.37. The van der Waals surface area contributed by atoms with Crippen LogP contribution >= 0.6 is 7.82 Å². The number of quaternary nitrogens is 1. The quantitative estimate of drug-likeness (QED) is 0.0213. The number of phosphoric acid groups is 1. The molecule has 10 heteroatoms. The van der Waals surface area contributed by atoms with Gasteiger partial charge in [0.2, 0.25) is 0 Å². The van der Waals surface area contributed by atoms with Crippen molar-refractivity contribution in [3.8, 4) is 0 Å². The number of ether oxygens (including phenoxy) is 2. The molecule has 0 aliphatic rings. The molecular weight excluding hydrogens is 774 g/mol. The third-order valence-electron chi connectivity index (χ3n) is 9.44. The molecule has 0 saturated carbocycles. The first kappa shape index (κ1) is 57.2. The number of nitrogens with zero attached hydrogens (tertiary/aromatic N) is 1. The summed E-state index contributed by atoms with van der Waals surface area (Å²) in [7, 11) is 1.44. The van der Waals surface area contributed by atoms with Crippen molar-refractivity contribution in [1.82, 2.24) is 0 Å². The zero-order valence-corrected chi connectivity index (χ0v) is 39.6. The molecule has 344 valence electrons. The number of rotatable bonds is 41. The van der Waals surface area contributed by atoms with E-state index in [9.17, 15) is 19.0 Å². The minimum atomic E-state index is -4.39. The lowest BCUT2D eigenvalue weighted by Gasteiger charge is -2.24. The molecule has 0 saturated heterocycles. The standard InChI is InChI=1S/C50H86NO8P/c1-6-8-10-12-14-16-18-19-20-21-22-23-24-25-26-27-28-29-30-31-33-35-37-39-41-43-50(53)59-48(47-58-60(54,55)57-45-44-51(3,4)5)46-56-49(52)42-40-38-36-34-32-17-15-13-11-9-7-2/h8,10,14,16,19-20,22-23,25-26,28-29,31,33,48H,6-7,9,11-13,15,17-18,21,24,27,30,32,34-47H2,1-5H3/p+1/b10-8-,16-14-,20-19-,23-22-,26-25-,29-28-,33-31-. The van der Waals surface area contributed by atoms with Crippen molar-refractivity contribution < 1.29 is 42.1 Å². The van der Waals surface area contributed by atoms with Crippen LogP contribution in [0, 0.1) is 0 Å². The van der Waals surface area contributed by atoms with Gasteiger partial charge in [0.25, 0.3) is 0 Å². The molecule has 0 aromatic rings. The Bertz CT molecular complexity index is 1290. The van der Waals surface area contributed by atoms with Crippen molar-refractivity contribution in [1.29, 1.82) is 0 Å². The molecule has 0 heterocycles. The molecule has 0 fully saturated rings. The van der Waals surface area contributed by atoms with Crippen LogP contribution in [-0.2, 0) is 32.7 Å². The van der Waals surface area contributed by atoms with Crippen LogP contribution in [-0.4, -0.2) is 74.9 Å². The van der Waals surface area contributed by atoms with Crippen LogP contribution in [0.25, 0.3) is 0 Å². The molecule has 2 unspecified atom stereocenters. The number of hydrogen-bond donors (Lipinski definition) is 1. The van der Waals surface area contributed by atoms with Crippen LogP contribution < -0.4 is 0 Å². The second-order valence-electron chi connectivity index (χ2n) is 16.4. The topological polar surface area (TPSA) is 108 Å². The molecule has 1 N–H and O–H groups in total. The van der Waals surface area contributed by atoms with Crippen LogP contribution in [0.1, 0.15) is 168 Å². The van der Waals surface area contributed by atoms with Gasteiger partial charge >= 0.3 is 19.8 Å². The summed E-state index contributed by atoms with van der Waals surface area (Å²) in [6.07, 6.45) is 53.5. The summed E-state index contributed by atoms with van der Waals surface area (Å²) in [6, 6.07) is 0. The molecule has 0 aliphatic heterocycles. The summed E-state index contributed by atoms with van der Waals surface area (Å²) in [4.78, 5) is 35.4. The molecule has 0 bridgehead atoms. The fourth-order valence-corrected chi connectivity index (χ4v) is 6.56. The first-order valence-corrected chi connectivity index (χ1v) is 24.8. The van der Waals surface area contributed by atoms with Gasteiger partial charge in [-0.15, -0.1) is 0 Å². The van der Waals surface area contributed by atoms with E-state index in [1.165, 1.54) is 51.4 Å². The average Bonchev–Trinajstić information content (AvgIpc) is 3.20. The van der Waals surface area contributed by atoms with Crippen molar-refractivity contribution in [2.24, 2.45) is 0 Å². The fraction of sp³-hybridized carbons (Fsp3) is 0.680. The highest BCUT2D eigenvalue weighted by Gasteiger charge is 2.27. The molecular formula is C50H87NO8P+. The number of carbonyl (C=O) groups is 2. The second kappa shape index (κ2) is 41.5. The first-order valence-electron chi connectivity index (χ1n) is 23.3. The van der Waals surface area contributed by atoms with E-state index in [1.807, 2.05) is 21.1 Å². The third kappa shape index (κ3) is 44.7. The average molecular weight is 861 g/mol. The molecule has 0 aromatic heterocycles. The van der Waals surface area contributed by atoms with E-state index < -0.39 is 26.5 Å². The summed E-state index contributed by atoms with van der Waals surface area (Å²) in [5.74, 6) is -0.843. The number of esters is 2. The van der Waals surface area contributed by atoms with Gasteiger partial charge in [0.05, 0.1) is 27.7 Å². The van der Waals surface area contributed by atoms with Gasteiger partial charge < -0.3 is 18.9 Å². The smallest absolute Gasteiger partial charge is 0.462 e. The molecule has 0 aliphatic carbocycles. The number of allylic oxidation sites excluding steroid dienone is 14. The Labute approximate surface area is 367 Å². The predicted octanol–water partition coefficient (Wildman–Crippen LogP) is 13.6. The highest BCUT2D eigenvalue weighted by Crippen LogP contribution is 2.43. The van der Waals surface area contributed by atoms with Gasteiger partial charge in [-0.1, -0.05) is 170 Å². The van der Waals surface area contributed by atoms with E-state index in [4.69, 9.17) is 18.5 Å². The number of likely N-dealkylation sites (N-methyl/N-ethyl adjacent to an activating group) is 1. The van der Waals surface area contributed by atoms with Gasteiger partial charge in [0.15, 0.2) is 6.10 Å². The monoisotopic (exact) mass is 861 g/mol. The van der Waals surface area contributed by atoms with Crippen LogP contribution in [0.15, 0.2) is 85.1 Å². The van der Waals surface area contributed by atoms with Gasteiger partial charge in [-0.2, -0.15) is 0 Å². The van der Waals surface area contributed by atoms with E-state index in [0.29, 0.717) is 17.4 Å². The van der Waals surface area contributed by atoms with E-state index >= 15 is 0 Å². The Kier molecular flexibility index (Phi) is 39.6. The van der Waals surface area contributed by atoms with E-state index in [2.05, 4.69) is 98.9 Å². The van der Waals surface area contributed by atoms with Crippen LogP contribution in [0.2, 0.25) is 0 Å². The number of unbranched alkanes of at least 4 members (excludes halogenated alkanes) is 13. The van der Waals surface area contributed by atoms with Gasteiger partial charge in [-0.25, -0.2) is 4.57 Å². The number of phosphoric ester groups is 1. The number of carbonyl (C=O) groups excluding carboxylic acids is 2. The lowest BCUT2D eigenvalue weighted by molar-refractivity contribution is -0.870. The zero-order chi connectivity index (χ0) is 44.3. The largest absolute Gasteiger partial charge is 0.472 e. The first-order chi connectivity index (χ1) is 29.0. The van der Waals surface area contributed by atoms with Crippen molar-refractivity contribution in [2.45, 2.75) is 174 Å². The van der Waals surface area contributed by atoms with Crippen molar-refractivity contribution >= 4 is 19.8 Å². The molecule has 0 amide bonds. The minimum absolute atomic E-state index is 0.0212. The van der Waals surface area contributed by atoms with E-state index in [0.717, 1.165) is 83.5 Å². The Morgan fingerprint density at radius 1 is 0.533 bits per heavy atom. The maximum atomic E-state index is 12.7. The lowest BCUT2D eigenvalue weighted by atomic mass is 10.1. The van der Waals surface area contributed by atoms with Gasteiger partial charge in [0, 0.05) is 12.8 Å². The molecule has 0 spiro atoms. The summed E-state index contributed by atoms with van der Waals surface area (Å²) >= 11 is 0. The predicted molar refractivity (Wildman–Crippen MR) is 252 cm³/mol. The second-order valence-corrected chi connectivity index (χ2v) is 17.9. The molecule has 60 heavy (non-hydrogen) atoms. The maximum absolute atomic E-state index is 12.7. The third-order valence-corrected chi connectivity index (χ3v) is 10.4. The molecule has 0 aromatic carbocycles. The maximum Gasteiger partial charge on any atom is 0.472 e. The molecule has 2 atom stereocenters. The fourth-order valence-electron chi connectivity index (χ4n) is 5.82. The van der Waals surface area contributed by atoms with Crippen molar-refractivity contribution in [3.63, 3.8) is 0 Å². The Morgan fingerprint density at radius 3 is 1.42 bits per heavy atom. The summed E-state index contributed by atoms with van der Waals surface area (Å²) < 4.78 is 34.3. The van der Waals surface area contributed by atoms with Crippen LogP contribution in [0.5, 0.6) is 0 Å². The van der Waals surface area contributed by atoms with E-state index in [1.54, 1.807) is 0 Å². The SMILES string of the molecule is CC/C=C\C/C=C\C/C=C\C/C=C\C/C=C\C/C=C\C/C=C\CCCCCC(=O)OC(COC(=O)CCCCCCCCCCCCC)COP(=O)(O)OCC[N+](C)(C)C. The van der Waals surface area contributed by atoms with Crippen molar-refractivity contribution in [3.05, 3.63) is 85.1 Å². The Hall–Kier alpha value is -2.81. The summed E-state index contributed by atoms with van der Waals surface area (Å²) in [6.45, 7) is 4.24. The van der Waals surface area contributed by atoms with Crippen LogP contribution in [0.4, 0.5) is 0 Å². The summed E-state index contributed by atoms with van der Waals surface area (Å²) in [5, 5.41) is 0. The number of hydrogen-bond acceptors (Lipinski definition) is 7. The van der Waals surface area contributed by atoms with E-state index in [-0.39, 0.29) is 32.0 Å². The van der Waals surface area contributed by atoms with Crippen LogP contribution in [0.3, 0.4) is 0 Å². The summed E-state index contributed by atoms with van der Waals surface area (Å²) in [5.41, 5.74) is 0. The normalized spacial score (nSPS) is 14.3. The molecule has 9 nitrogen and oxygen atoms in total. The molecule has 0 radical (unpaired) electrons. The van der Waals surface area contributed by atoms with Gasteiger partial charge in [0.1, 0.15) is 19.8 Å². The zero-order valence-electron chi connectivity index (χ0n) is 38.7. The van der Waals surface area contributed by atoms with Gasteiger partial charge in [-0.05, 0) is 70.6 Å². The Morgan fingerprint density at radius 2 is 0.950 bits per heavy atom. The van der Waals surface area contributed by atoms with Crippen molar-refractivity contribution in [2.75, 3.05) is 47.5 Å².